The van der Waals surface area contributed by atoms with E-state index in [-0.39, 0.29) is 6.07 Å². The van der Waals surface area contributed by atoms with Crippen molar-refractivity contribution in [2.45, 2.75) is 0 Å². The molecule has 0 saturated carbocycles. The summed E-state index contributed by atoms with van der Waals surface area (Å²) in [7, 11) is 0.601. The van der Waals surface area contributed by atoms with E-state index in [1.165, 1.54) is 0 Å². The molecular weight excluding hydrogens is 587 g/mol. The van der Waals surface area contributed by atoms with Crippen molar-refractivity contribution in [3.8, 4) is 28.0 Å². The van der Waals surface area contributed by atoms with Crippen LogP contribution in [0, 0.1) is 75.6 Å². The van der Waals surface area contributed by atoms with Gasteiger partial charge in [-0.1, -0.05) is 12.1 Å². The van der Waals surface area contributed by atoms with Crippen LogP contribution in [-0.2, 0) is 0 Å². The second-order valence-corrected chi connectivity index (χ2v) is 8.43. The normalized spacial score (nSPS) is 11.7. The lowest BCUT2D eigenvalue weighted by molar-refractivity contribution is 0.334. The summed E-state index contributed by atoms with van der Waals surface area (Å²) in [4.78, 5) is 0. The fraction of sp³-hybridized carbons (Fsp3) is 0.0370. The molecule has 0 aliphatic heterocycles. The van der Waals surface area contributed by atoms with Gasteiger partial charge in [0, 0.05) is 33.4 Å². The van der Waals surface area contributed by atoms with Gasteiger partial charge in [0.25, 0.3) is 0 Å². The predicted octanol–water partition coefficient (Wildman–Crippen LogP) is 9.14. The Bertz CT molecular complexity index is 1910. The van der Waals surface area contributed by atoms with E-state index in [4.69, 9.17) is 0 Å². The van der Waals surface area contributed by atoms with Crippen molar-refractivity contribution in [3.05, 3.63) is 99.9 Å². The summed E-state index contributed by atoms with van der Waals surface area (Å²) >= 11 is 0. The number of fused-ring (bicyclic) bond motifs is 2. The molecule has 0 aliphatic carbocycles. The highest BCUT2D eigenvalue weighted by Gasteiger charge is 2.36. The highest BCUT2D eigenvalue weighted by atomic mass is 19.2. The van der Waals surface area contributed by atoms with Crippen LogP contribution in [0.3, 0.4) is 0 Å². The van der Waals surface area contributed by atoms with E-state index in [0.717, 1.165) is 6.07 Å². The molecule has 212 valence electrons. The van der Waals surface area contributed by atoms with E-state index in [0.29, 0.717) is 19.2 Å². The summed E-state index contributed by atoms with van der Waals surface area (Å²) in [6, 6.07) is 1.49. The molecule has 0 spiro atoms. The number of hydrogen-bond acceptors (Lipinski definition) is 1. The largest absolute Gasteiger partial charge is 0.491 e. The molecule has 0 aliphatic rings. The first-order valence-corrected chi connectivity index (χ1v) is 10.9. The van der Waals surface area contributed by atoms with E-state index in [2.05, 4.69) is 4.74 Å². The number of benzene rings is 5. The van der Waals surface area contributed by atoms with Gasteiger partial charge in [0.2, 0.25) is 11.6 Å². The van der Waals surface area contributed by atoms with Crippen LogP contribution in [0.5, 0.6) is 5.75 Å². The number of hydrogen-bond donors (Lipinski definition) is 0. The monoisotopic (exact) mass is 594 g/mol. The van der Waals surface area contributed by atoms with Gasteiger partial charge in [-0.3, -0.25) is 0 Å². The molecule has 0 amide bonds. The average molecular weight is 594 g/mol. The van der Waals surface area contributed by atoms with Crippen LogP contribution in [0.1, 0.15) is 0 Å². The van der Waals surface area contributed by atoms with Crippen molar-refractivity contribution in [1.82, 2.24) is 0 Å². The van der Waals surface area contributed by atoms with Gasteiger partial charge < -0.3 is 4.74 Å². The van der Waals surface area contributed by atoms with E-state index in [1.807, 2.05) is 0 Å². The minimum atomic E-state index is -2.70. The maximum Gasteiger partial charge on any atom is 0.204 e. The molecule has 0 heterocycles. The first-order valence-electron chi connectivity index (χ1n) is 10.9. The first kappa shape index (κ1) is 28.1. The van der Waals surface area contributed by atoms with Gasteiger partial charge in [-0.05, 0) is 11.5 Å². The Balaban J connectivity index is 2.24. The zero-order chi connectivity index (χ0) is 30.2. The highest BCUT2D eigenvalue weighted by molar-refractivity contribution is 6.22. The van der Waals surface area contributed by atoms with Gasteiger partial charge in [-0.15, -0.1) is 0 Å². The summed E-state index contributed by atoms with van der Waals surface area (Å²) in [5, 5.41) is -6.20. The van der Waals surface area contributed by atoms with Crippen molar-refractivity contribution in [2.75, 3.05) is 7.11 Å². The molecule has 5 aromatic carbocycles. The third kappa shape index (κ3) is 3.72. The summed E-state index contributed by atoms with van der Waals surface area (Å²) in [6.45, 7) is 0. The van der Waals surface area contributed by atoms with Crippen LogP contribution in [0.2, 0.25) is 0 Å². The zero-order valence-corrected chi connectivity index (χ0v) is 19.6. The van der Waals surface area contributed by atoms with Crippen molar-refractivity contribution in [1.29, 1.82) is 0 Å². The van der Waals surface area contributed by atoms with E-state index in [9.17, 15) is 35.1 Å². The molecule has 0 atom stereocenters. The Hall–Kier alpha value is -4.49. The van der Waals surface area contributed by atoms with Gasteiger partial charge in [-0.25, -0.2) is 48.3 Å². The summed E-state index contributed by atoms with van der Waals surface area (Å²) < 4.78 is 197. The molecule has 0 saturated heterocycles. The third-order valence-electron chi connectivity index (χ3n) is 6.34. The Morgan fingerprint density at radius 2 is 0.878 bits per heavy atom. The molecule has 5 rings (SSSR count). The van der Waals surface area contributed by atoms with Crippen LogP contribution >= 0.6 is 0 Å². The standard InChI is InChI=1S/C27H7F13O/c1-41-27-25(39)21(35)15(22(36)26(27)40)11-6-3-2-4-7(28)10(6)12(16-17(31)8(29)5-9(30)18(16)32)14-13(11)19(33)23(37)24(38)20(14)34/h2-5H,1H3. The van der Waals surface area contributed by atoms with Crippen molar-refractivity contribution >= 4 is 21.5 Å². The van der Waals surface area contributed by atoms with Gasteiger partial charge >= 0.3 is 0 Å². The van der Waals surface area contributed by atoms with Crippen LogP contribution < -0.4 is 4.74 Å². The number of methoxy groups -OCH3 is 1. The van der Waals surface area contributed by atoms with Crippen molar-refractivity contribution < 1.29 is 61.8 Å². The fourth-order valence-corrected chi connectivity index (χ4v) is 4.66. The molecule has 1 nitrogen and oxygen atoms in total. The minimum absolute atomic E-state index is 0.311. The number of halogens is 13. The van der Waals surface area contributed by atoms with Gasteiger partial charge in [0.15, 0.2) is 63.9 Å². The molecule has 41 heavy (non-hydrogen) atoms. The molecule has 0 N–H and O–H groups in total. The Morgan fingerprint density at radius 3 is 1.37 bits per heavy atom. The van der Waals surface area contributed by atoms with E-state index < -0.39 is 125 Å². The lowest BCUT2D eigenvalue weighted by Gasteiger charge is -2.21. The zero-order valence-electron chi connectivity index (χ0n) is 19.6. The minimum Gasteiger partial charge on any atom is -0.491 e. The molecule has 0 radical (unpaired) electrons. The van der Waals surface area contributed by atoms with Gasteiger partial charge in [-0.2, -0.15) is 8.78 Å². The summed E-state index contributed by atoms with van der Waals surface area (Å²) in [5.41, 5.74) is -7.09. The van der Waals surface area contributed by atoms with Crippen LogP contribution in [0.25, 0.3) is 43.8 Å². The first-order chi connectivity index (χ1) is 19.3. The van der Waals surface area contributed by atoms with Crippen molar-refractivity contribution in [3.63, 3.8) is 0 Å². The van der Waals surface area contributed by atoms with Crippen molar-refractivity contribution in [2.24, 2.45) is 0 Å². The predicted molar refractivity (Wildman–Crippen MR) is 118 cm³/mol. The SMILES string of the molecule is COc1c(F)c(F)c(-c2c3cccc(F)c3c(-c3c(F)c(F)cc(F)c3F)c3c(F)c(F)c(F)c(F)c23)c(F)c1F. The summed E-state index contributed by atoms with van der Waals surface area (Å²) in [5.74, 6) is -32.1. The lowest BCUT2D eigenvalue weighted by atomic mass is 9.84. The van der Waals surface area contributed by atoms with Crippen LogP contribution in [0.4, 0.5) is 57.1 Å². The molecule has 0 bridgehead atoms. The smallest absolute Gasteiger partial charge is 0.204 e. The topological polar surface area (TPSA) is 9.23 Å². The third-order valence-corrected chi connectivity index (χ3v) is 6.34. The van der Waals surface area contributed by atoms with E-state index >= 15 is 22.0 Å². The maximum absolute atomic E-state index is 15.4. The van der Waals surface area contributed by atoms with Gasteiger partial charge in [0.05, 0.1) is 18.2 Å². The number of ether oxygens (including phenoxy) is 1. The maximum atomic E-state index is 15.4. The van der Waals surface area contributed by atoms with E-state index in [1.54, 1.807) is 0 Å². The molecule has 0 fully saturated rings. The molecular formula is C27H7F13O. The average Bonchev–Trinajstić information content (AvgIpc) is 2.93. The summed E-state index contributed by atoms with van der Waals surface area (Å²) in [6.07, 6.45) is 0. The van der Waals surface area contributed by atoms with Gasteiger partial charge in [0.1, 0.15) is 5.82 Å². The van der Waals surface area contributed by atoms with Crippen LogP contribution in [0.15, 0.2) is 24.3 Å². The molecule has 0 aromatic heterocycles. The Morgan fingerprint density at radius 1 is 0.415 bits per heavy atom. The van der Waals surface area contributed by atoms with Crippen LogP contribution in [-0.4, -0.2) is 7.11 Å². The lowest BCUT2D eigenvalue weighted by Crippen LogP contribution is -2.08. The second kappa shape index (κ2) is 9.56. The quantitative estimate of drug-likeness (QED) is 0.0877. The Labute approximate surface area is 219 Å². The molecule has 5 aromatic rings. The second-order valence-electron chi connectivity index (χ2n) is 8.43. The molecule has 14 heteroatoms. The fourth-order valence-electron chi connectivity index (χ4n) is 4.66. The Kier molecular flexibility index (Phi) is 6.54. The number of rotatable bonds is 3. The highest BCUT2D eigenvalue weighted by Crippen LogP contribution is 2.50. The molecule has 0 unspecified atom stereocenters.